The molecule has 8 heteroatoms. The molecule has 0 radical (unpaired) electrons. The summed E-state index contributed by atoms with van der Waals surface area (Å²) < 4.78 is 23.9. The van der Waals surface area contributed by atoms with E-state index in [0.717, 1.165) is 10.2 Å². The van der Waals surface area contributed by atoms with Gasteiger partial charge in [-0.1, -0.05) is 0 Å². The van der Waals surface area contributed by atoms with Gasteiger partial charge in [0.25, 0.3) is 0 Å². The lowest BCUT2D eigenvalue weighted by atomic mass is 10.5. The van der Waals surface area contributed by atoms with Crippen LogP contribution in [-0.2, 0) is 10.0 Å². The van der Waals surface area contributed by atoms with Crippen LogP contribution in [0.5, 0.6) is 0 Å². The fourth-order valence-corrected chi connectivity index (χ4v) is 2.08. The second kappa shape index (κ2) is 4.13. The average molecular weight is 253 g/mol. The third-order valence-electron chi connectivity index (χ3n) is 2.02. The first-order valence-electron chi connectivity index (χ1n) is 4.80. The van der Waals surface area contributed by atoms with Crippen LogP contribution in [0.15, 0.2) is 23.6 Å². The van der Waals surface area contributed by atoms with Gasteiger partial charge >= 0.3 is 0 Å². The molecule has 0 fully saturated rings. The summed E-state index contributed by atoms with van der Waals surface area (Å²) >= 11 is 0. The monoisotopic (exact) mass is 253 g/mol. The minimum atomic E-state index is -3.35. The number of hydrogen-bond acceptors (Lipinski definition) is 6. The van der Waals surface area contributed by atoms with E-state index in [1.54, 1.807) is 19.2 Å². The van der Waals surface area contributed by atoms with Gasteiger partial charge in [0.15, 0.2) is 11.5 Å². The van der Waals surface area contributed by atoms with E-state index in [1.165, 1.54) is 12.4 Å². The summed E-state index contributed by atoms with van der Waals surface area (Å²) in [7, 11) is -3.35. The standard InChI is InChI=1S/C9H11N5O2S/c1-3-11-13-8-6-10-9-7(12-8)4-5-14(9)17(2,15)16/h3-6H,1-2H3,(H,12,13)/b11-3+. The van der Waals surface area contributed by atoms with Gasteiger partial charge in [0, 0.05) is 12.4 Å². The number of hydrogen-bond donors (Lipinski definition) is 1. The van der Waals surface area contributed by atoms with Crippen molar-refractivity contribution in [1.29, 1.82) is 0 Å². The first-order chi connectivity index (χ1) is 8.02. The minimum absolute atomic E-state index is 0.304. The summed E-state index contributed by atoms with van der Waals surface area (Å²) in [6, 6.07) is 1.59. The number of nitrogens with one attached hydrogen (secondary N) is 1. The van der Waals surface area contributed by atoms with E-state index in [2.05, 4.69) is 20.5 Å². The lowest BCUT2D eigenvalue weighted by Gasteiger charge is -2.01. The van der Waals surface area contributed by atoms with E-state index >= 15 is 0 Å². The van der Waals surface area contributed by atoms with Gasteiger partial charge in [0.1, 0.15) is 5.52 Å². The van der Waals surface area contributed by atoms with Crippen molar-refractivity contribution in [3.63, 3.8) is 0 Å². The summed E-state index contributed by atoms with van der Waals surface area (Å²) in [6.45, 7) is 1.76. The molecule has 0 aliphatic heterocycles. The molecule has 2 heterocycles. The largest absolute Gasteiger partial charge is 0.260 e. The molecule has 0 saturated heterocycles. The number of rotatable bonds is 3. The average Bonchev–Trinajstić information content (AvgIpc) is 2.68. The van der Waals surface area contributed by atoms with Crippen LogP contribution in [0.1, 0.15) is 6.92 Å². The predicted octanol–water partition coefficient (Wildman–Crippen LogP) is 0.657. The molecule has 0 aromatic carbocycles. The normalized spacial score (nSPS) is 12.4. The van der Waals surface area contributed by atoms with Crippen LogP contribution in [0.3, 0.4) is 0 Å². The van der Waals surface area contributed by atoms with E-state index in [1.807, 2.05) is 0 Å². The number of anilines is 1. The highest BCUT2D eigenvalue weighted by Gasteiger charge is 2.11. The van der Waals surface area contributed by atoms with E-state index in [-0.39, 0.29) is 0 Å². The third kappa shape index (κ3) is 2.26. The Labute approximate surface area is 98.2 Å². The summed E-state index contributed by atoms with van der Waals surface area (Å²) in [5, 5.41) is 3.80. The molecule has 0 aliphatic rings. The molecule has 0 aliphatic carbocycles. The molecule has 2 rings (SSSR count). The van der Waals surface area contributed by atoms with Gasteiger partial charge in [-0.3, -0.25) is 5.43 Å². The summed E-state index contributed by atoms with van der Waals surface area (Å²) in [4.78, 5) is 8.22. The summed E-state index contributed by atoms with van der Waals surface area (Å²) in [5.41, 5.74) is 3.47. The van der Waals surface area contributed by atoms with E-state index in [0.29, 0.717) is 17.0 Å². The van der Waals surface area contributed by atoms with Crippen LogP contribution in [0, 0.1) is 0 Å². The van der Waals surface area contributed by atoms with Gasteiger partial charge in [0.05, 0.1) is 12.5 Å². The van der Waals surface area contributed by atoms with E-state index in [4.69, 9.17) is 0 Å². The van der Waals surface area contributed by atoms with Gasteiger partial charge < -0.3 is 0 Å². The molecule has 0 unspecified atom stereocenters. The van der Waals surface area contributed by atoms with Crippen LogP contribution in [-0.4, -0.2) is 34.8 Å². The first kappa shape index (κ1) is 11.5. The van der Waals surface area contributed by atoms with Crippen molar-refractivity contribution in [3.8, 4) is 0 Å². The van der Waals surface area contributed by atoms with Crippen molar-refractivity contribution < 1.29 is 8.42 Å². The molecule has 7 nitrogen and oxygen atoms in total. The number of aromatic nitrogens is 3. The summed E-state index contributed by atoms with van der Waals surface area (Å²) in [6.07, 6.45) is 5.54. The zero-order chi connectivity index (χ0) is 12.5. The van der Waals surface area contributed by atoms with Crippen molar-refractivity contribution in [3.05, 3.63) is 18.5 Å². The molecule has 90 valence electrons. The SMILES string of the molecule is C/C=N/Nc1cnc2c(ccn2S(C)(=O)=O)n1. The second-order valence-electron chi connectivity index (χ2n) is 3.34. The zero-order valence-electron chi connectivity index (χ0n) is 9.32. The molecule has 17 heavy (non-hydrogen) atoms. The van der Waals surface area contributed by atoms with Gasteiger partial charge in [-0.2, -0.15) is 5.10 Å². The fourth-order valence-electron chi connectivity index (χ4n) is 1.34. The molecule has 0 spiro atoms. The molecular formula is C9H11N5O2S. The Balaban J connectivity index is 2.52. The maximum atomic E-state index is 11.4. The third-order valence-corrected chi connectivity index (χ3v) is 3.03. The second-order valence-corrected chi connectivity index (χ2v) is 5.20. The highest BCUT2D eigenvalue weighted by molar-refractivity contribution is 7.89. The Hall–Kier alpha value is -1.96. The maximum Gasteiger partial charge on any atom is 0.237 e. The van der Waals surface area contributed by atoms with Crippen molar-refractivity contribution >= 4 is 33.2 Å². The van der Waals surface area contributed by atoms with Crippen molar-refractivity contribution in [2.45, 2.75) is 6.92 Å². The highest BCUT2D eigenvalue weighted by Crippen LogP contribution is 2.15. The zero-order valence-corrected chi connectivity index (χ0v) is 10.1. The molecule has 2 aromatic rings. The topological polar surface area (TPSA) is 89.2 Å². The smallest absolute Gasteiger partial charge is 0.237 e. The van der Waals surface area contributed by atoms with E-state index in [9.17, 15) is 8.42 Å². The van der Waals surface area contributed by atoms with Crippen LogP contribution in [0.4, 0.5) is 5.82 Å². The lowest BCUT2D eigenvalue weighted by Crippen LogP contribution is -2.09. The Kier molecular flexibility index (Phi) is 2.80. The van der Waals surface area contributed by atoms with Crippen LogP contribution in [0.2, 0.25) is 0 Å². The van der Waals surface area contributed by atoms with Gasteiger partial charge in [-0.15, -0.1) is 0 Å². The van der Waals surface area contributed by atoms with Crippen molar-refractivity contribution in [1.82, 2.24) is 13.9 Å². The molecule has 0 atom stereocenters. The van der Waals surface area contributed by atoms with Crippen molar-refractivity contribution in [2.24, 2.45) is 5.10 Å². The Morgan fingerprint density at radius 1 is 1.53 bits per heavy atom. The molecule has 0 saturated carbocycles. The number of nitrogens with zero attached hydrogens (tertiary/aromatic N) is 4. The predicted molar refractivity (Wildman–Crippen MR) is 65.6 cm³/mol. The van der Waals surface area contributed by atoms with Crippen LogP contribution < -0.4 is 5.43 Å². The highest BCUT2D eigenvalue weighted by atomic mass is 32.2. The lowest BCUT2D eigenvalue weighted by molar-refractivity contribution is 0.595. The Bertz CT molecular complexity index is 674. The minimum Gasteiger partial charge on any atom is -0.260 e. The van der Waals surface area contributed by atoms with Crippen LogP contribution in [0.25, 0.3) is 11.2 Å². The fraction of sp³-hybridized carbons (Fsp3) is 0.222. The van der Waals surface area contributed by atoms with E-state index < -0.39 is 10.0 Å². The molecule has 0 amide bonds. The maximum absolute atomic E-state index is 11.4. The van der Waals surface area contributed by atoms with Gasteiger partial charge in [-0.05, 0) is 13.0 Å². The number of fused-ring (bicyclic) bond motifs is 1. The van der Waals surface area contributed by atoms with Gasteiger partial charge in [0.2, 0.25) is 10.0 Å². The quantitative estimate of drug-likeness (QED) is 0.641. The number of hydrazone groups is 1. The van der Waals surface area contributed by atoms with Crippen molar-refractivity contribution in [2.75, 3.05) is 11.7 Å². The summed E-state index contributed by atoms with van der Waals surface area (Å²) in [5.74, 6) is 0.460. The molecule has 1 N–H and O–H groups in total. The molecule has 2 aromatic heterocycles. The molecule has 0 bridgehead atoms. The van der Waals surface area contributed by atoms with Crippen LogP contribution >= 0.6 is 0 Å². The Morgan fingerprint density at radius 2 is 2.29 bits per heavy atom. The molecular weight excluding hydrogens is 242 g/mol. The Morgan fingerprint density at radius 3 is 2.94 bits per heavy atom. The first-order valence-corrected chi connectivity index (χ1v) is 6.65. The van der Waals surface area contributed by atoms with Gasteiger partial charge in [-0.25, -0.2) is 22.4 Å².